The minimum Gasteiger partial charge on any atom is -0.486 e. The smallest absolute Gasteiger partial charge is 0.303 e. The van der Waals surface area contributed by atoms with E-state index < -0.39 is 5.97 Å². The number of rotatable bonds is 8. The van der Waals surface area contributed by atoms with Gasteiger partial charge >= 0.3 is 5.97 Å². The van der Waals surface area contributed by atoms with Gasteiger partial charge in [0, 0.05) is 24.1 Å². The standard InChI is InChI=1S/C20H18ClNO5S2/c1-12-9-13(6-7-16(12)21)26-11-15-5-4-14(27-15)10-17-19(25)22(20(28)29-17)8-2-3-18(23)24/h4-7,9-10H,2-3,8,11H2,1H3,(H,23,24). The predicted octanol–water partition coefficient (Wildman–Crippen LogP) is 4.89. The monoisotopic (exact) mass is 451 g/mol. The lowest BCUT2D eigenvalue weighted by atomic mass is 10.2. The molecule has 6 nitrogen and oxygen atoms in total. The Morgan fingerprint density at radius 1 is 1.38 bits per heavy atom. The van der Waals surface area contributed by atoms with Gasteiger partial charge in [0.2, 0.25) is 0 Å². The number of carbonyl (C=O) groups excluding carboxylic acids is 1. The number of nitrogens with zero attached hydrogens (tertiary/aromatic N) is 1. The van der Waals surface area contributed by atoms with Crippen molar-refractivity contribution in [1.82, 2.24) is 4.90 Å². The molecule has 2 heterocycles. The molecule has 1 aliphatic rings. The number of aryl methyl sites for hydroxylation is 1. The van der Waals surface area contributed by atoms with E-state index in [-0.39, 0.29) is 25.5 Å². The highest BCUT2D eigenvalue weighted by Crippen LogP contribution is 2.33. The van der Waals surface area contributed by atoms with E-state index in [2.05, 4.69) is 0 Å². The molecule has 152 valence electrons. The van der Waals surface area contributed by atoms with E-state index in [1.54, 1.807) is 30.3 Å². The number of benzene rings is 1. The van der Waals surface area contributed by atoms with E-state index in [9.17, 15) is 9.59 Å². The quantitative estimate of drug-likeness (QED) is 0.452. The average Bonchev–Trinajstić information content (AvgIpc) is 3.22. The van der Waals surface area contributed by atoms with E-state index in [0.717, 1.165) is 5.56 Å². The summed E-state index contributed by atoms with van der Waals surface area (Å²) in [6.45, 7) is 2.43. The Bertz CT molecular complexity index is 985. The van der Waals surface area contributed by atoms with Crippen molar-refractivity contribution >= 4 is 57.9 Å². The van der Waals surface area contributed by atoms with E-state index in [1.165, 1.54) is 16.7 Å². The molecule has 0 radical (unpaired) electrons. The minimum absolute atomic E-state index is 0.00913. The van der Waals surface area contributed by atoms with Crippen LogP contribution in [0.2, 0.25) is 5.02 Å². The number of hydrogen-bond donors (Lipinski definition) is 1. The van der Waals surface area contributed by atoms with Gasteiger partial charge in [-0.15, -0.1) is 0 Å². The van der Waals surface area contributed by atoms with Crippen molar-refractivity contribution in [2.24, 2.45) is 0 Å². The number of ether oxygens (including phenoxy) is 1. The van der Waals surface area contributed by atoms with Crippen LogP contribution in [0.25, 0.3) is 6.08 Å². The molecule has 2 aromatic rings. The molecule has 0 spiro atoms. The largest absolute Gasteiger partial charge is 0.486 e. The summed E-state index contributed by atoms with van der Waals surface area (Å²) in [6.07, 6.45) is 1.97. The highest BCUT2D eigenvalue weighted by Gasteiger charge is 2.31. The highest BCUT2D eigenvalue weighted by atomic mass is 35.5. The van der Waals surface area contributed by atoms with Gasteiger partial charge in [-0.2, -0.15) is 0 Å². The first-order valence-corrected chi connectivity index (χ1v) is 10.4. The summed E-state index contributed by atoms with van der Waals surface area (Å²) in [5.74, 6) is 0.677. The Morgan fingerprint density at radius 3 is 2.90 bits per heavy atom. The van der Waals surface area contributed by atoms with Crippen LogP contribution >= 0.6 is 35.6 Å². The lowest BCUT2D eigenvalue weighted by Crippen LogP contribution is -2.29. The van der Waals surface area contributed by atoms with Gasteiger partial charge in [-0.3, -0.25) is 14.5 Å². The summed E-state index contributed by atoms with van der Waals surface area (Å²) in [5.41, 5.74) is 0.926. The number of carboxylic acids is 1. The summed E-state index contributed by atoms with van der Waals surface area (Å²) < 4.78 is 11.8. The second kappa shape index (κ2) is 9.47. The van der Waals surface area contributed by atoms with E-state index in [1.807, 2.05) is 13.0 Å². The van der Waals surface area contributed by atoms with E-state index >= 15 is 0 Å². The highest BCUT2D eigenvalue weighted by molar-refractivity contribution is 8.26. The minimum atomic E-state index is -0.898. The first-order chi connectivity index (χ1) is 13.8. The van der Waals surface area contributed by atoms with E-state index in [4.69, 9.17) is 38.1 Å². The fourth-order valence-electron chi connectivity index (χ4n) is 2.62. The van der Waals surface area contributed by atoms with Gasteiger partial charge in [-0.1, -0.05) is 35.6 Å². The van der Waals surface area contributed by atoms with Crippen LogP contribution in [-0.4, -0.2) is 32.7 Å². The molecule has 0 atom stereocenters. The summed E-state index contributed by atoms with van der Waals surface area (Å²) in [6, 6.07) is 8.94. The number of amides is 1. The zero-order chi connectivity index (χ0) is 21.0. The third-order valence-corrected chi connectivity index (χ3v) is 5.91. The molecule has 1 aromatic heterocycles. The summed E-state index contributed by atoms with van der Waals surface area (Å²) in [7, 11) is 0. The molecule has 1 aromatic carbocycles. The molecule has 29 heavy (non-hydrogen) atoms. The first-order valence-electron chi connectivity index (χ1n) is 8.78. The average molecular weight is 452 g/mol. The number of furan rings is 1. The maximum atomic E-state index is 12.5. The van der Waals surface area contributed by atoms with Crippen LogP contribution in [0, 0.1) is 6.92 Å². The molecule has 0 unspecified atom stereocenters. The third-order valence-electron chi connectivity index (χ3n) is 4.11. The molecule has 0 saturated carbocycles. The van der Waals surface area contributed by atoms with Gasteiger partial charge < -0.3 is 14.3 Å². The molecule has 1 fully saturated rings. The number of hydrogen-bond acceptors (Lipinski definition) is 6. The van der Waals surface area contributed by atoms with Crippen molar-refractivity contribution in [1.29, 1.82) is 0 Å². The van der Waals surface area contributed by atoms with Crippen molar-refractivity contribution < 1.29 is 23.8 Å². The van der Waals surface area contributed by atoms with Crippen molar-refractivity contribution in [2.45, 2.75) is 26.4 Å². The Morgan fingerprint density at radius 2 is 2.17 bits per heavy atom. The van der Waals surface area contributed by atoms with Gasteiger partial charge in [0.25, 0.3) is 5.91 Å². The first kappa shape index (κ1) is 21.4. The van der Waals surface area contributed by atoms with Gasteiger partial charge in [-0.25, -0.2) is 0 Å². The van der Waals surface area contributed by atoms with Crippen molar-refractivity contribution in [3.63, 3.8) is 0 Å². The molecule has 1 amide bonds. The summed E-state index contributed by atoms with van der Waals surface area (Å²) in [4.78, 5) is 25.0. The zero-order valence-electron chi connectivity index (χ0n) is 15.5. The maximum Gasteiger partial charge on any atom is 0.303 e. The Hall–Kier alpha value is -2.29. The lowest BCUT2D eigenvalue weighted by Gasteiger charge is -2.13. The van der Waals surface area contributed by atoms with Crippen LogP contribution in [0.3, 0.4) is 0 Å². The number of carboxylic acid groups (broad SMARTS) is 1. The lowest BCUT2D eigenvalue weighted by molar-refractivity contribution is -0.137. The molecule has 9 heteroatoms. The van der Waals surface area contributed by atoms with Crippen molar-refractivity contribution in [2.75, 3.05) is 6.54 Å². The number of carbonyl (C=O) groups is 2. The second-order valence-electron chi connectivity index (χ2n) is 6.33. The topological polar surface area (TPSA) is 80.0 Å². The normalized spacial score (nSPS) is 15.4. The van der Waals surface area contributed by atoms with Gasteiger partial charge in [-0.05, 0) is 49.2 Å². The predicted molar refractivity (Wildman–Crippen MR) is 116 cm³/mol. The second-order valence-corrected chi connectivity index (χ2v) is 8.42. The SMILES string of the molecule is Cc1cc(OCc2ccc(C=C3SC(=S)N(CCCC(=O)O)C3=O)o2)ccc1Cl. The van der Waals surface area contributed by atoms with Crippen LogP contribution < -0.4 is 4.74 Å². The molecular formula is C20H18ClNO5S2. The van der Waals surface area contributed by atoms with Crippen LogP contribution in [0.15, 0.2) is 39.7 Å². The Labute approximate surface area is 182 Å². The number of thiocarbonyl (C=S) groups is 1. The van der Waals surface area contributed by atoms with Gasteiger partial charge in [0.15, 0.2) is 0 Å². The Kier molecular flexibility index (Phi) is 7.00. The molecule has 1 saturated heterocycles. The molecule has 0 aliphatic carbocycles. The van der Waals surface area contributed by atoms with Gasteiger partial charge in [0.1, 0.15) is 28.2 Å². The summed E-state index contributed by atoms with van der Waals surface area (Å²) in [5, 5.41) is 9.41. The fraction of sp³-hybridized carbons (Fsp3) is 0.250. The number of aliphatic carboxylic acids is 1. The fourth-order valence-corrected chi connectivity index (χ4v) is 4.03. The third kappa shape index (κ3) is 5.62. The van der Waals surface area contributed by atoms with Gasteiger partial charge in [0.05, 0.1) is 4.91 Å². The maximum absolute atomic E-state index is 12.5. The van der Waals surface area contributed by atoms with Crippen LogP contribution in [0.4, 0.5) is 0 Å². The molecule has 1 N–H and O–H groups in total. The molecular weight excluding hydrogens is 434 g/mol. The molecule has 1 aliphatic heterocycles. The molecule has 3 rings (SSSR count). The summed E-state index contributed by atoms with van der Waals surface area (Å²) >= 11 is 12.4. The van der Waals surface area contributed by atoms with Crippen molar-refractivity contribution in [3.05, 3.63) is 57.3 Å². The van der Waals surface area contributed by atoms with Crippen LogP contribution in [0.1, 0.15) is 29.9 Å². The van der Waals surface area contributed by atoms with Crippen LogP contribution in [0.5, 0.6) is 5.75 Å². The van der Waals surface area contributed by atoms with E-state index in [0.29, 0.717) is 37.9 Å². The van der Waals surface area contributed by atoms with Crippen molar-refractivity contribution in [3.8, 4) is 5.75 Å². The number of thioether (sulfide) groups is 1. The number of halogens is 1. The van der Waals surface area contributed by atoms with Crippen LogP contribution in [-0.2, 0) is 16.2 Å². The zero-order valence-corrected chi connectivity index (χ0v) is 17.9. The molecule has 0 bridgehead atoms. The Balaban J connectivity index is 1.60.